The van der Waals surface area contributed by atoms with Gasteiger partial charge in [0.25, 0.3) is 0 Å². The molecular formula is C34H53N9O5. The number of hydrogen-bond acceptors (Lipinski definition) is 8. The van der Waals surface area contributed by atoms with Crippen LogP contribution in [0.15, 0.2) is 36.5 Å². The Balaban J connectivity index is 1.59. The van der Waals surface area contributed by atoms with E-state index in [0.717, 1.165) is 12.0 Å². The summed E-state index contributed by atoms with van der Waals surface area (Å²) in [7, 11) is 1.67. The van der Waals surface area contributed by atoms with Gasteiger partial charge in [-0.1, -0.05) is 55.8 Å². The largest absolute Gasteiger partial charge is 0.354 e. The van der Waals surface area contributed by atoms with Crippen LogP contribution >= 0.6 is 0 Å². The summed E-state index contributed by atoms with van der Waals surface area (Å²) in [5, 5.41) is 22.8. The van der Waals surface area contributed by atoms with E-state index in [9.17, 15) is 24.0 Å². The maximum absolute atomic E-state index is 13.8. The predicted molar refractivity (Wildman–Crippen MR) is 181 cm³/mol. The molecular weight excluding hydrogens is 614 g/mol. The summed E-state index contributed by atoms with van der Waals surface area (Å²) < 4.78 is 1.67. The average Bonchev–Trinajstić information content (AvgIpc) is 3.76. The molecule has 14 heteroatoms. The van der Waals surface area contributed by atoms with Crippen molar-refractivity contribution in [3.8, 4) is 0 Å². The van der Waals surface area contributed by atoms with Crippen molar-refractivity contribution in [2.24, 2.45) is 5.92 Å². The molecule has 2 aromatic rings. The van der Waals surface area contributed by atoms with E-state index >= 15 is 0 Å². The Bertz CT molecular complexity index is 1350. The van der Waals surface area contributed by atoms with Gasteiger partial charge in [-0.05, 0) is 57.6 Å². The van der Waals surface area contributed by atoms with Crippen molar-refractivity contribution in [2.45, 2.75) is 110 Å². The van der Waals surface area contributed by atoms with E-state index in [1.807, 2.05) is 30.3 Å². The molecule has 5 atom stereocenters. The summed E-state index contributed by atoms with van der Waals surface area (Å²) in [4.78, 5) is 65.9. The zero-order valence-electron chi connectivity index (χ0n) is 29.0. The van der Waals surface area contributed by atoms with Gasteiger partial charge in [0.1, 0.15) is 18.1 Å². The van der Waals surface area contributed by atoms with Crippen LogP contribution in [0.3, 0.4) is 0 Å². The molecule has 5 N–H and O–H groups in total. The number of aromatic nitrogens is 3. The topological polar surface area (TPSA) is 179 Å². The van der Waals surface area contributed by atoms with Crippen LogP contribution in [0.25, 0.3) is 0 Å². The minimum atomic E-state index is -0.922. The summed E-state index contributed by atoms with van der Waals surface area (Å²) in [6.45, 7) is 9.09. The Labute approximate surface area is 283 Å². The summed E-state index contributed by atoms with van der Waals surface area (Å²) in [5.74, 6) is -1.01. The SMILES string of the molecule is CC[C@H](C)CNC(=O)[C@@H]1CCCN1C(=O)[C@H](Cc1cn(CCCC[C@H](NC(C)=O)C(=O)NCc2ccccc2)nn1)NC(=O)[C@H](C)NC. The number of carbonyl (C=O) groups is 5. The molecule has 14 nitrogen and oxygen atoms in total. The minimum Gasteiger partial charge on any atom is -0.354 e. The van der Waals surface area contributed by atoms with Gasteiger partial charge in [-0.15, -0.1) is 5.10 Å². The van der Waals surface area contributed by atoms with Crippen LogP contribution in [0.1, 0.15) is 77.5 Å². The number of unbranched alkanes of at least 4 members (excludes halogenated alkanes) is 1. The van der Waals surface area contributed by atoms with E-state index in [1.54, 1.807) is 29.7 Å². The second-order valence-electron chi connectivity index (χ2n) is 12.6. The normalized spacial score (nSPS) is 16.8. The van der Waals surface area contributed by atoms with Crippen molar-refractivity contribution in [1.82, 2.24) is 46.5 Å². The van der Waals surface area contributed by atoms with E-state index < -0.39 is 24.2 Å². The summed E-state index contributed by atoms with van der Waals surface area (Å²) in [5.41, 5.74) is 1.50. The first kappa shape index (κ1) is 38.1. The number of carbonyl (C=O) groups excluding carboxylic acids is 5. The average molecular weight is 668 g/mol. The molecule has 1 aliphatic heterocycles. The van der Waals surface area contributed by atoms with Crippen molar-refractivity contribution in [2.75, 3.05) is 20.1 Å². The number of likely N-dealkylation sites (N-methyl/N-ethyl adjacent to an activating group) is 1. The molecule has 0 unspecified atom stereocenters. The van der Waals surface area contributed by atoms with E-state index in [2.05, 4.69) is 50.7 Å². The van der Waals surface area contributed by atoms with Gasteiger partial charge in [0.05, 0.1) is 11.7 Å². The molecule has 1 aliphatic rings. The Morgan fingerprint density at radius 3 is 2.42 bits per heavy atom. The lowest BCUT2D eigenvalue weighted by atomic mass is 10.1. The zero-order chi connectivity index (χ0) is 35.1. The molecule has 2 heterocycles. The van der Waals surface area contributed by atoms with Gasteiger partial charge in [0.15, 0.2) is 0 Å². The van der Waals surface area contributed by atoms with Crippen molar-refractivity contribution in [3.05, 3.63) is 47.8 Å². The lowest BCUT2D eigenvalue weighted by Gasteiger charge is -2.29. The Morgan fingerprint density at radius 1 is 0.979 bits per heavy atom. The third-order valence-corrected chi connectivity index (χ3v) is 8.73. The van der Waals surface area contributed by atoms with Crippen LogP contribution in [-0.4, -0.2) is 93.7 Å². The number of likely N-dealkylation sites (tertiary alicyclic amines) is 1. The first-order chi connectivity index (χ1) is 23.0. The molecule has 0 radical (unpaired) electrons. The van der Waals surface area contributed by atoms with E-state index in [1.165, 1.54) is 6.92 Å². The number of amides is 5. The van der Waals surface area contributed by atoms with Crippen molar-refractivity contribution >= 4 is 29.5 Å². The maximum Gasteiger partial charge on any atom is 0.246 e. The van der Waals surface area contributed by atoms with Gasteiger partial charge in [-0.25, -0.2) is 0 Å². The molecule has 1 aromatic carbocycles. The van der Waals surface area contributed by atoms with Gasteiger partial charge in [-0.2, -0.15) is 0 Å². The van der Waals surface area contributed by atoms with Gasteiger partial charge in [0, 0.05) is 45.7 Å². The van der Waals surface area contributed by atoms with Crippen LogP contribution in [0, 0.1) is 5.92 Å². The Morgan fingerprint density at radius 2 is 1.73 bits per heavy atom. The lowest BCUT2D eigenvalue weighted by molar-refractivity contribution is -0.141. The molecule has 1 aromatic heterocycles. The van der Waals surface area contributed by atoms with E-state index in [4.69, 9.17) is 0 Å². The lowest BCUT2D eigenvalue weighted by Crippen LogP contribution is -2.56. The van der Waals surface area contributed by atoms with Crippen molar-refractivity contribution in [3.63, 3.8) is 0 Å². The molecule has 1 fully saturated rings. The number of benzene rings is 1. The second-order valence-corrected chi connectivity index (χ2v) is 12.6. The molecule has 0 saturated carbocycles. The Hall–Kier alpha value is -4.33. The van der Waals surface area contributed by atoms with Crippen LogP contribution in [0.5, 0.6) is 0 Å². The fourth-order valence-corrected chi connectivity index (χ4v) is 5.46. The third kappa shape index (κ3) is 12.0. The molecule has 5 amide bonds. The molecule has 264 valence electrons. The van der Waals surface area contributed by atoms with Crippen LogP contribution in [0.4, 0.5) is 0 Å². The second kappa shape index (κ2) is 19.5. The van der Waals surface area contributed by atoms with Crippen LogP contribution in [0.2, 0.25) is 0 Å². The number of nitrogens with one attached hydrogen (secondary N) is 5. The van der Waals surface area contributed by atoms with Gasteiger partial charge < -0.3 is 31.5 Å². The highest BCUT2D eigenvalue weighted by atomic mass is 16.2. The summed E-state index contributed by atoms with van der Waals surface area (Å²) in [6.07, 6.45) is 5.84. The minimum absolute atomic E-state index is 0.116. The van der Waals surface area contributed by atoms with Gasteiger partial charge in [-0.3, -0.25) is 28.7 Å². The number of hydrogen-bond donors (Lipinski definition) is 5. The molecule has 48 heavy (non-hydrogen) atoms. The predicted octanol–water partition coefficient (Wildman–Crippen LogP) is 1.06. The first-order valence-corrected chi connectivity index (χ1v) is 17.1. The highest BCUT2D eigenvalue weighted by Gasteiger charge is 2.38. The maximum atomic E-state index is 13.8. The first-order valence-electron chi connectivity index (χ1n) is 17.1. The highest BCUT2D eigenvalue weighted by molar-refractivity contribution is 5.93. The molecule has 0 spiro atoms. The number of aryl methyl sites for hydroxylation is 1. The quantitative estimate of drug-likeness (QED) is 0.138. The number of nitrogens with zero attached hydrogens (tertiary/aromatic N) is 4. The number of rotatable bonds is 19. The highest BCUT2D eigenvalue weighted by Crippen LogP contribution is 2.20. The fourth-order valence-electron chi connectivity index (χ4n) is 5.46. The zero-order valence-corrected chi connectivity index (χ0v) is 29.0. The fraction of sp³-hybridized carbons (Fsp3) is 0.618. The van der Waals surface area contributed by atoms with Crippen LogP contribution < -0.4 is 26.6 Å². The van der Waals surface area contributed by atoms with Crippen LogP contribution in [-0.2, 0) is 43.5 Å². The summed E-state index contributed by atoms with van der Waals surface area (Å²) >= 11 is 0. The van der Waals surface area contributed by atoms with Crippen molar-refractivity contribution < 1.29 is 24.0 Å². The third-order valence-electron chi connectivity index (χ3n) is 8.73. The standard InChI is InChI=1S/C34H53N9O5/c1-6-23(2)20-36-33(47)30-16-12-18-43(30)34(48)29(39-31(45)24(3)35-5)19-27-22-42(41-40-27)17-11-10-15-28(38-25(4)44)32(46)37-21-26-13-8-7-9-14-26/h7-9,13-14,22-24,28-30,35H,6,10-12,15-21H2,1-5H3,(H,36,47)(H,37,46)(H,38,44)(H,39,45)/t23-,24-,28-,29-,30-/m0/s1. The monoisotopic (exact) mass is 667 g/mol. The van der Waals surface area contributed by atoms with E-state index in [-0.39, 0.29) is 36.0 Å². The molecule has 0 bridgehead atoms. The molecule has 1 saturated heterocycles. The van der Waals surface area contributed by atoms with E-state index in [0.29, 0.717) is 69.9 Å². The van der Waals surface area contributed by atoms with Gasteiger partial charge in [0.2, 0.25) is 29.5 Å². The Kier molecular flexibility index (Phi) is 15.5. The molecule has 0 aliphatic carbocycles. The molecule has 3 rings (SSSR count). The smallest absolute Gasteiger partial charge is 0.246 e. The van der Waals surface area contributed by atoms with Gasteiger partial charge >= 0.3 is 0 Å². The van der Waals surface area contributed by atoms with Crippen molar-refractivity contribution in [1.29, 1.82) is 0 Å². The summed E-state index contributed by atoms with van der Waals surface area (Å²) in [6, 6.07) is 6.88.